The van der Waals surface area contributed by atoms with Crippen LogP contribution in [0.3, 0.4) is 0 Å². The van der Waals surface area contributed by atoms with Crippen LogP contribution in [0.15, 0.2) is 72.1 Å². The van der Waals surface area contributed by atoms with E-state index in [0.29, 0.717) is 5.70 Å². The Balaban J connectivity index is 2.29. The molecule has 0 N–H and O–H groups in total. The molecule has 0 amide bonds. The van der Waals surface area contributed by atoms with E-state index in [2.05, 4.69) is 12.7 Å². The molecule has 0 spiro atoms. The Morgan fingerprint density at radius 2 is 2.04 bits per heavy atom. The molecule has 0 bridgehead atoms. The molecule has 138 valence electrons. The predicted octanol–water partition coefficient (Wildman–Crippen LogP) is 4.51. The molecular formula is C21H24FNO3. The SMILES string of the molecule is C=C(CC(=O)OC)N(/C=C(\C)C1=CCC(OC)C=C1)c1ccc(F)cc1. The van der Waals surface area contributed by atoms with Crippen LogP contribution < -0.4 is 4.90 Å². The van der Waals surface area contributed by atoms with Gasteiger partial charge in [-0.05, 0) is 48.8 Å². The van der Waals surface area contributed by atoms with Crippen LogP contribution in [0.5, 0.6) is 0 Å². The van der Waals surface area contributed by atoms with Crippen LogP contribution in [-0.4, -0.2) is 26.3 Å². The summed E-state index contributed by atoms with van der Waals surface area (Å²) >= 11 is 0. The van der Waals surface area contributed by atoms with Gasteiger partial charge >= 0.3 is 5.97 Å². The van der Waals surface area contributed by atoms with Crippen molar-refractivity contribution in [2.45, 2.75) is 25.9 Å². The van der Waals surface area contributed by atoms with E-state index >= 15 is 0 Å². The van der Waals surface area contributed by atoms with Gasteiger partial charge in [0.25, 0.3) is 0 Å². The van der Waals surface area contributed by atoms with E-state index in [0.717, 1.165) is 23.3 Å². The summed E-state index contributed by atoms with van der Waals surface area (Å²) in [6.07, 6.45) is 8.95. The maximum Gasteiger partial charge on any atom is 0.311 e. The first-order chi connectivity index (χ1) is 12.4. The number of carbonyl (C=O) groups excluding carboxylic acids is 1. The fourth-order valence-corrected chi connectivity index (χ4v) is 2.61. The molecule has 4 nitrogen and oxygen atoms in total. The van der Waals surface area contributed by atoms with Crippen molar-refractivity contribution in [3.8, 4) is 0 Å². The molecule has 0 saturated heterocycles. The molecule has 1 atom stereocenters. The number of carbonyl (C=O) groups is 1. The number of methoxy groups -OCH3 is 2. The van der Waals surface area contributed by atoms with Gasteiger partial charge in [-0.1, -0.05) is 24.8 Å². The second-order valence-corrected chi connectivity index (χ2v) is 6.01. The van der Waals surface area contributed by atoms with Gasteiger partial charge in [-0.25, -0.2) is 4.39 Å². The highest BCUT2D eigenvalue weighted by atomic mass is 19.1. The molecule has 0 aromatic heterocycles. The number of ether oxygens (including phenoxy) is 2. The van der Waals surface area contributed by atoms with E-state index in [9.17, 15) is 9.18 Å². The first-order valence-electron chi connectivity index (χ1n) is 8.34. The number of allylic oxidation sites excluding steroid dienone is 3. The van der Waals surface area contributed by atoms with Crippen molar-refractivity contribution in [3.05, 3.63) is 77.9 Å². The maximum absolute atomic E-state index is 13.3. The van der Waals surface area contributed by atoms with Crippen molar-refractivity contribution < 1.29 is 18.7 Å². The summed E-state index contributed by atoms with van der Waals surface area (Å²) in [4.78, 5) is 13.4. The third-order valence-corrected chi connectivity index (χ3v) is 4.16. The topological polar surface area (TPSA) is 38.8 Å². The van der Waals surface area contributed by atoms with Crippen molar-refractivity contribution in [1.82, 2.24) is 0 Å². The lowest BCUT2D eigenvalue weighted by Crippen LogP contribution is -2.19. The second-order valence-electron chi connectivity index (χ2n) is 6.01. The monoisotopic (exact) mass is 357 g/mol. The van der Waals surface area contributed by atoms with E-state index in [1.807, 2.05) is 25.3 Å². The molecule has 1 unspecified atom stereocenters. The van der Waals surface area contributed by atoms with Gasteiger partial charge in [0.15, 0.2) is 0 Å². The smallest absolute Gasteiger partial charge is 0.311 e. The summed E-state index contributed by atoms with van der Waals surface area (Å²) < 4.78 is 23.3. The average molecular weight is 357 g/mol. The predicted molar refractivity (Wildman–Crippen MR) is 101 cm³/mol. The summed E-state index contributed by atoms with van der Waals surface area (Å²) in [5.41, 5.74) is 3.31. The molecule has 5 heteroatoms. The molecule has 1 aliphatic rings. The lowest BCUT2D eigenvalue weighted by atomic mass is 9.99. The number of halogens is 1. The lowest BCUT2D eigenvalue weighted by molar-refractivity contribution is -0.139. The Hall–Kier alpha value is -2.66. The zero-order valence-electron chi connectivity index (χ0n) is 15.4. The molecule has 0 saturated carbocycles. The molecule has 0 aliphatic heterocycles. The van der Waals surface area contributed by atoms with Crippen LogP contribution in [0.25, 0.3) is 0 Å². The number of anilines is 1. The molecule has 1 aliphatic carbocycles. The first-order valence-corrected chi connectivity index (χ1v) is 8.34. The van der Waals surface area contributed by atoms with E-state index in [4.69, 9.17) is 9.47 Å². The van der Waals surface area contributed by atoms with Gasteiger partial charge in [-0.3, -0.25) is 4.79 Å². The third kappa shape index (κ3) is 5.17. The summed E-state index contributed by atoms with van der Waals surface area (Å²) in [6, 6.07) is 6.04. The summed E-state index contributed by atoms with van der Waals surface area (Å²) in [5.74, 6) is -0.704. The number of rotatable bonds is 7. The maximum atomic E-state index is 13.3. The minimum Gasteiger partial charge on any atom is -0.469 e. The molecule has 26 heavy (non-hydrogen) atoms. The highest BCUT2D eigenvalue weighted by Gasteiger charge is 2.15. The first kappa shape index (κ1) is 19.7. The minimum absolute atomic E-state index is 0.0400. The summed E-state index contributed by atoms with van der Waals surface area (Å²) in [5, 5.41) is 0. The van der Waals surface area contributed by atoms with Crippen molar-refractivity contribution in [3.63, 3.8) is 0 Å². The highest BCUT2D eigenvalue weighted by molar-refractivity contribution is 5.74. The van der Waals surface area contributed by atoms with E-state index < -0.39 is 0 Å². The van der Waals surface area contributed by atoms with Crippen LogP contribution >= 0.6 is 0 Å². The van der Waals surface area contributed by atoms with Crippen molar-refractivity contribution >= 4 is 11.7 Å². The summed E-state index contributed by atoms with van der Waals surface area (Å²) in [7, 11) is 3.02. The lowest BCUT2D eigenvalue weighted by Gasteiger charge is -2.24. The fraction of sp³-hybridized carbons (Fsp3) is 0.286. The van der Waals surface area contributed by atoms with Gasteiger partial charge in [0, 0.05) is 24.7 Å². The number of hydrogen-bond donors (Lipinski definition) is 0. The van der Waals surface area contributed by atoms with Crippen molar-refractivity contribution in [2.24, 2.45) is 0 Å². The number of benzene rings is 1. The van der Waals surface area contributed by atoms with Crippen molar-refractivity contribution in [2.75, 3.05) is 19.1 Å². The van der Waals surface area contributed by atoms with Crippen molar-refractivity contribution in [1.29, 1.82) is 0 Å². The molecular weight excluding hydrogens is 333 g/mol. The van der Waals surface area contributed by atoms with E-state index in [1.165, 1.54) is 19.2 Å². The Morgan fingerprint density at radius 3 is 2.58 bits per heavy atom. The largest absolute Gasteiger partial charge is 0.469 e. The van der Waals surface area contributed by atoms with E-state index in [1.54, 1.807) is 24.1 Å². The summed E-state index contributed by atoms with van der Waals surface area (Å²) in [6.45, 7) is 5.97. The van der Waals surface area contributed by atoms with Gasteiger partial charge in [0.1, 0.15) is 5.82 Å². The normalized spacial score (nSPS) is 16.8. The van der Waals surface area contributed by atoms with E-state index in [-0.39, 0.29) is 24.3 Å². The molecule has 1 aromatic carbocycles. The van der Waals surface area contributed by atoms with Gasteiger partial charge in [-0.15, -0.1) is 0 Å². The molecule has 0 fully saturated rings. The second kappa shape index (κ2) is 9.15. The standard InChI is InChI=1S/C21H24FNO3/c1-15(17-5-11-20(25-3)12-6-17)14-23(16(2)13-21(24)26-4)19-9-7-18(22)8-10-19/h5-11,14,20H,2,12-13H2,1,3-4H3/b15-14+. The van der Waals surface area contributed by atoms with Crippen LogP contribution in [0.2, 0.25) is 0 Å². The third-order valence-electron chi connectivity index (χ3n) is 4.16. The molecule has 1 aromatic rings. The zero-order valence-corrected chi connectivity index (χ0v) is 15.4. The Kier molecular flexibility index (Phi) is 6.92. The number of nitrogens with zero attached hydrogens (tertiary/aromatic N) is 1. The van der Waals surface area contributed by atoms with Crippen LogP contribution in [0.1, 0.15) is 19.8 Å². The van der Waals surface area contributed by atoms with Gasteiger partial charge in [-0.2, -0.15) is 0 Å². The Labute approximate surface area is 153 Å². The van der Waals surface area contributed by atoms with Crippen LogP contribution in [0.4, 0.5) is 10.1 Å². The van der Waals surface area contributed by atoms with Crippen LogP contribution in [-0.2, 0) is 14.3 Å². The average Bonchev–Trinajstić information content (AvgIpc) is 2.66. The molecule has 0 heterocycles. The minimum atomic E-state index is -0.382. The highest BCUT2D eigenvalue weighted by Crippen LogP contribution is 2.26. The fourth-order valence-electron chi connectivity index (χ4n) is 2.61. The quantitative estimate of drug-likeness (QED) is 0.673. The Bertz CT molecular complexity index is 747. The Morgan fingerprint density at radius 1 is 1.35 bits per heavy atom. The van der Waals surface area contributed by atoms with Crippen LogP contribution in [0, 0.1) is 5.82 Å². The zero-order chi connectivity index (χ0) is 19.1. The number of esters is 1. The molecule has 2 rings (SSSR count). The van der Waals surface area contributed by atoms with Gasteiger partial charge in [0.05, 0.1) is 19.6 Å². The number of hydrogen-bond acceptors (Lipinski definition) is 4. The van der Waals surface area contributed by atoms with Gasteiger partial charge in [0.2, 0.25) is 0 Å². The van der Waals surface area contributed by atoms with Gasteiger partial charge < -0.3 is 14.4 Å². The molecule has 0 radical (unpaired) electrons.